The summed E-state index contributed by atoms with van der Waals surface area (Å²) in [5, 5.41) is 5.97. The van der Waals surface area contributed by atoms with Crippen molar-refractivity contribution in [1.29, 1.82) is 0 Å². The number of aryl methyl sites for hydroxylation is 1. The smallest absolute Gasteiger partial charge is 0.329 e. The number of hydrogen-bond acceptors (Lipinski definition) is 5. The van der Waals surface area contributed by atoms with Gasteiger partial charge in [0, 0.05) is 11.6 Å². The Bertz CT molecular complexity index is 954. The zero-order chi connectivity index (χ0) is 23.7. The van der Waals surface area contributed by atoms with E-state index < -0.39 is 29.9 Å². The van der Waals surface area contributed by atoms with Crippen molar-refractivity contribution < 1.29 is 19.1 Å². The van der Waals surface area contributed by atoms with Gasteiger partial charge in [0.15, 0.2) is 6.10 Å². The molecule has 2 aromatic rings. The first-order valence-corrected chi connectivity index (χ1v) is 12.1. The van der Waals surface area contributed by atoms with Crippen LogP contribution in [0.4, 0.5) is 0 Å². The van der Waals surface area contributed by atoms with Gasteiger partial charge in [-0.2, -0.15) is 11.8 Å². The number of benzene rings is 2. The zero-order valence-corrected chi connectivity index (χ0v) is 20.4. The molecule has 2 atom stereocenters. The molecule has 2 rings (SSSR count). The van der Waals surface area contributed by atoms with Crippen LogP contribution >= 0.6 is 35.0 Å². The molecule has 172 valence electrons. The Balaban J connectivity index is 1.97. The van der Waals surface area contributed by atoms with E-state index in [0.29, 0.717) is 23.7 Å². The molecule has 0 fully saturated rings. The quantitative estimate of drug-likeness (QED) is 0.476. The summed E-state index contributed by atoms with van der Waals surface area (Å²) >= 11 is 13.5. The third-order valence-electron chi connectivity index (χ3n) is 4.63. The monoisotopic (exact) mass is 496 g/mol. The van der Waals surface area contributed by atoms with Gasteiger partial charge in [-0.15, -0.1) is 0 Å². The number of ether oxygens (including phenoxy) is 1. The van der Waals surface area contributed by atoms with Crippen molar-refractivity contribution >= 4 is 52.7 Å². The number of thioether (sulfide) groups is 1. The summed E-state index contributed by atoms with van der Waals surface area (Å²) in [6, 6.07) is 11.3. The lowest BCUT2D eigenvalue weighted by Gasteiger charge is -2.20. The molecule has 0 aliphatic rings. The first-order valence-electron chi connectivity index (χ1n) is 10.00. The van der Waals surface area contributed by atoms with Crippen molar-refractivity contribution in [3.63, 3.8) is 0 Å². The van der Waals surface area contributed by atoms with Crippen LogP contribution in [-0.2, 0) is 20.9 Å². The van der Waals surface area contributed by atoms with Gasteiger partial charge in [0.25, 0.3) is 11.8 Å². The van der Waals surface area contributed by atoms with Gasteiger partial charge in [0.1, 0.15) is 6.04 Å². The van der Waals surface area contributed by atoms with Gasteiger partial charge < -0.3 is 15.4 Å². The summed E-state index contributed by atoms with van der Waals surface area (Å²) < 4.78 is 5.34. The predicted octanol–water partition coefficient (Wildman–Crippen LogP) is 4.40. The summed E-state index contributed by atoms with van der Waals surface area (Å²) in [6.07, 6.45) is 1.22. The highest BCUT2D eigenvalue weighted by atomic mass is 35.5. The Labute approximate surface area is 202 Å². The molecule has 0 aromatic heterocycles. The van der Waals surface area contributed by atoms with E-state index in [0.717, 1.165) is 11.1 Å². The number of carbonyl (C=O) groups excluding carboxylic acids is 3. The molecule has 2 aromatic carbocycles. The molecule has 0 saturated carbocycles. The van der Waals surface area contributed by atoms with Crippen LogP contribution in [0.25, 0.3) is 0 Å². The average Bonchev–Trinajstić information content (AvgIpc) is 2.75. The number of halogens is 2. The van der Waals surface area contributed by atoms with Gasteiger partial charge in [-0.1, -0.05) is 53.0 Å². The minimum absolute atomic E-state index is 0.177. The van der Waals surface area contributed by atoms with E-state index in [1.54, 1.807) is 0 Å². The Morgan fingerprint density at radius 1 is 1.09 bits per heavy atom. The normalized spacial score (nSPS) is 12.5. The average molecular weight is 497 g/mol. The summed E-state index contributed by atoms with van der Waals surface area (Å²) in [5.41, 5.74) is 2.26. The van der Waals surface area contributed by atoms with Crippen molar-refractivity contribution in [1.82, 2.24) is 10.6 Å². The van der Waals surface area contributed by atoms with Gasteiger partial charge in [-0.3, -0.25) is 9.59 Å². The maximum absolute atomic E-state index is 12.7. The summed E-state index contributed by atoms with van der Waals surface area (Å²) in [7, 11) is 0. The summed E-state index contributed by atoms with van der Waals surface area (Å²) in [4.78, 5) is 37.7. The molecule has 0 aliphatic heterocycles. The van der Waals surface area contributed by atoms with E-state index in [4.69, 9.17) is 27.9 Å². The summed E-state index contributed by atoms with van der Waals surface area (Å²) in [6.45, 7) is 3.80. The molecule has 0 aliphatic carbocycles. The van der Waals surface area contributed by atoms with Crippen molar-refractivity contribution in [2.24, 2.45) is 0 Å². The van der Waals surface area contributed by atoms with E-state index in [9.17, 15) is 14.4 Å². The highest BCUT2D eigenvalue weighted by molar-refractivity contribution is 7.98. The maximum Gasteiger partial charge on any atom is 0.329 e. The minimum atomic E-state index is -1.01. The fourth-order valence-electron chi connectivity index (χ4n) is 2.74. The van der Waals surface area contributed by atoms with Crippen molar-refractivity contribution in [2.75, 3.05) is 12.0 Å². The molecule has 0 bridgehead atoms. The first-order chi connectivity index (χ1) is 15.2. The van der Waals surface area contributed by atoms with Gasteiger partial charge in [0.2, 0.25) is 0 Å². The number of hydrogen-bond donors (Lipinski definition) is 2. The SMILES string of the molecule is CSCCC(NC(=O)c1ccc(Cl)cc1Cl)C(=O)OC(C)C(=O)NCc1ccc(C)cc1. The van der Waals surface area contributed by atoms with E-state index in [1.165, 1.54) is 36.9 Å². The highest BCUT2D eigenvalue weighted by Crippen LogP contribution is 2.21. The lowest BCUT2D eigenvalue weighted by atomic mass is 10.1. The Morgan fingerprint density at radius 3 is 2.41 bits per heavy atom. The molecule has 32 heavy (non-hydrogen) atoms. The number of carbonyl (C=O) groups is 3. The van der Waals surface area contributed by atoms with Crippen LogP contribution in [0.5, 0.6) is 0 Å². The van der Waals surface area contributed by atoms with Gasteiger partial charge in [-0.25, -0.2) is 4.79 Å². The molecule has 0 spiro atoms. The second kappa shape index (κ2) is 12.7. The topological polar surface area (TPSA) is 84.5 Å². The van der Waals surface area contributed by atoms with Crippen LogP contribution < -0.4 is 10.6 Å². The van der Waals surface area contributed by atoms with Gasteiger partial charge in [0.05, 0.1) is 10.6 Å². The zero-order valence-electron chi connectivity index (χ0n) is 18.1. The Hall–Kier alpha value is -2.22. The van der Waals surface area contributed by atoms with E-state index in [1.807, 2.05) is 37.4 Å². The van der Waals surface area contributed by atoms with Crippen LogP contribution in [0.2, 0.25) is 10.0 Å². The third kappa shape index (κ3) is 8.04. The lowest BCUT2D eigenvalue weighted by molar-refractivity contribution is -0.156. The van der Waals surface area contributed by atoms with E-state index in [-0.39, 0.29) is 10.6 Å². The summed E-state index contributed by atoms with van der Waals surface area (Å²) in [5.74, 6) is -1.01. The van der Waals surface area contributed by atoms with Crippen molar-refractivity contribution in [3.05, 3.63) is 69.2 Å². The lowest BCUT2D eigenvalue weighted by Crippen LogP contribution is -2.45. The van der Waals surface area contributed by atoms with Crippen LogP contribution in [0.3, 0.4) is 0 Å². The Kier molecular flexibility index (Phi) is 10.4. The Morgan fingerprint density at radius 2 is 1.78 bits per heavy atom. The highest BCUT2D eigenvalue weighted by Gasteiger charge is 2.27. The molecule has 6 nitrogen and oxygen atoms in total. The molecular weight excluding hydrogens is 471 g/mol. The minimum Gasteiger partial charge on any atom is -0.451 e. The number of esters is 1. The molecular formula is C23H26Cl2N2O4S. The molecule has 0 heterocycles. The fourth-order valence-corrected chi connectivity index (χ4v) is 3.71. The van der Waals surface area contributed by atoms with E-state index in [2.05, 4.69) is 10.6 Å². The number of rotatable bonds is 10. The standard InChI is InChI=1S/C23H26Cl2N2O4S/c1-14-4-6-16(7-5-14)13-26-21(28)15(2)31-23(30)20(10-11-32-3)27-22(29)18-9-8-17(24)12-19(18)25/h4-9,12,15,20H,10-11,13H2,1-3H3,(H,26,28)(H,27,29). The molecule has 9 heteroatoms. The van der Waals surface area contributed by atoms with Gasteiger partial charge in [-0.05, 0) is 56.0 Å². The molecule has 0 saturated heterocycles. The van der Waals surface area contributed by atoms with Crippen LogP contribution in [0, 0.1) is 6.92 Å². The van der Waals surface area contributed by atoms with Crippen molar-refractivity contribution in [2.45, 2.75) is 39.0 Å². The fraction of sp³-hybridized carbons (Fsp3) is 0.348. The van der Waals surface area contributed by atoms with Crippen LogP contribution in [0.1, 0.15) is 34.8 Å². The second-order valence-electron chi connectivity index (χ2n) is 7.21. The van der Waals surface area contributed by atoms with Crippen LogP contribution in [0.15, 0.2) is 42.5 Å². The molecule has 2 unspecified atom stereocenters. The largest absolute Gasteiger partial charge is 0.451 e. The van der Waals surface area contributed by atoms with Gasteiger partial charge >= 0.3 is 5.97 Å². The third-order valence-corrected chi connectivity index (χ3v) is 5.82. The van der Waals surface area contributed by atoms with E-state index >= 15 is 0 Å². The number of amides is 2. The second-order valence-corrected chi connectivity index (χ2v) is 9.04. The predicted molar refractivity (Wildman–Crippen MR) is 129 cm³/mol. The number of nitrogens with one attached hydrogen (secondary N) is 2. The maximum atomic E-state index is 12.7. The molecule has 2 N–H and O–H groups in total. The van der Waals surface area contributed by atoms with Crippen molar-refractivity contribution in [3.8, 4) is 0 Å². The van der Waals surface area contributed by atoms with Crippen LogP contribution in [-0.4, -0.2) is 41.9 Å². The molecule has 0 radical (unpaired) electrons. The molecule has 2 amide bonds. The first kappa shape index (κ1) is 26.0.